The number of halogens is 2. The molecule has 2 heterocycles. The number of aryl methyl sites for hydroxylation is 1. The van der Waals surface area contributed by atoms with Crippen LogP contribution in [0.1, 0.15) is 31.7 Å². The lowest BCUT2D eigenvalue weighted by Crippen LogP contribution is -2.44. The molecule has 0 saturated carbocycles. The SMILES string of the molecule is CC[C@@H]1Oc2cc(S(=O)(=O)N3CCC[C@@H](C(=O)Nc4cc(F)ccc4F)C3)c(C)cc2NC1=O. The number of sulfonamides is 1. The standard InChI is InChI=1S/C23H25F2N3O5S/c1-3-19-23(30)27-18-9-13(2)21(11-20(18)33-19)34(31,32)28-8-4-5-14(12-28)22(29)26-17-10-15(24)6-7-16(17)25/h6-7,9-11,14,19H,3-5,8,12H2,1-2H3,(H,26,29)(H,27,30)/t14-,19+/m1/s1. The molecule has 2 atom stereocenters. The number of carbonyl (C=O) groups is 2. The van der Waals surface area contributed by atoms with Crippen molar-refractivity contribution in [2.45, 2.75) is 44.1 Å². The molecule has 2 aliphatic rings. The van der Waals surface area contributed by atoms with Crippen LogP contribution in [-0.4, -0.2) is 43.7 Å². The number of rotatable bonds is 5. The minimum Gasteiger partial charge on any atom is -0.478 e. The maximum Gasteiger partial charge on any atom is 0.265 e. The van der Waals surface area contributed by atoms with E-state index < -0.39 is 39.6 Å². The van der Waals surface area contributed by atoms with E-state index in [1.54, 1.807) is 19.9 Å². The molecule has 2 aliphatic heterocycles. The maximum atomic E-state index is 13.9. The van der Waals surface area contributed by atoms with Gasteiger partial charge in [0.1, 0.15) is 17.4 Å². The van der Waals surface area contributed by atoms with Crippen LogP contribution >= 0.6 is 0 Å². The number of piperidine rings is 1. The molecule has 8 nitrogen and oxygen atoms in total. The van der Waals surface area contributed by atoms with Gasteiger partial charge in [0.25, 0.3) is 5.91 Å². The zero-order valence-electron chi connectivity index (χ0n) is 18.7. The first-order valence-electron chi connectivity index (χ1n) is 11.0. The third-order valence-corrected chi connectivity index (χ3v) is 8.03. The quantitative estimate of drug-likeness (QED) is 0.664. The van der Waals surface area contributed by atoms with E-state index in [-0.39, 0.29) is 35.3 Å². The first-order valence-corrected chi connectivity index (χ1v) is 12.4. The topological polar surface area (TPSA) is 105 Å². The minimum absolute atomic E-state index is 0.0227. The van der Waals surface area contributed by atoms with Gasteiger partial charge in [-0.05, 0) is 49.9 Å². The molecular weight excluding hydrogens is 468 g/mol. The smallest absolute Gasteiger partial charge is 0.265 e. The lowest BCUT2D eigenvalue weighted by Gasteiger charge is -2.32. The molecule has 1 saturated heterocycles. The van der Waals surface area contributed by atoms with Crippen LogP contribution in [0.2, 0.25) is 0 Å². The molecule has 0 unspecified atom stereocenters. The van der Waals surface area contributed by atoms with Crippen molar-refractivity contribution in [1.82, 2.24) is 4.31 Å². The van der Waals surface area contributed by atoms with Crippen molar-refractivity contribution in [3.05, 3.63) is 47.5 Å². The summed E-state index contributed by atoms with van der Waals surface area (Å²) in [6.45, 7) is 3.52. The van der Waals surface area contributed by atoms with Crippen molar-refractivity contribution in [2.75, 3.05) is 23.7 Å². The average molecular weight is 494 g/mol. The molecule has 0 bridgehead atoms. The van der Waals surface area contributed by atoms with Gasteiger partial charge in [0.05, 0.1) is 22.2 Å². The molecule has 0 radical (unpaired) electrons. The van der Waals surface area contributed by atoms with Gasteiger partial charge in [0.15, 0.2) is 6.10 Å². The van der Waals surface area contributed by atoms with Gasteiger partial charge in [-0.25, -0.2) is 17.2 Å². The van der Waals surface area contributed by atoms with Gasteiger partial charge in [-0.3, -0.25) is 9.59 Å². The second-order valence-electron chi connectivity index (χ2n) is 8.43. The van der Waals surface area contributed by atoms with E-state index in [2.05, 4.69) is 10.6 Å². The van der Waals surface area contributed by atoms with Crippen molar-refractivity contribution < 1.29 is 31.5 Å². The van der Waals surface area contributed by atoms with E-state index in [9.17, 15) is 26.8 Å². The molecular formula is C23H25F2N3O5S. The summed E-state index contributed by atoms with van der Waals surface area (Å²) in [5, 5.41) is 5.10. The van der Waals surface area contributed by atoms with Gasteiger partial charge in [-0.2, -0.15) is 4.31 Å². The summed E-state index contributed by atoms with van der Waals surface area (Å²) < 4.78 is 61.2. The van der Waals surface area contributed by atoms with Crippen LogP contribution < -0.4 is 15.4 Å². The fourth-order valence-corrected chi connectivity index (χ4v) is 5.92. The Morgan fingerprint density at radius 2 is 2.03 bits per heavy atom. The Morgan fingerprint density at radius 1 is 1.26 bits per heavy atom. The lowest BCUT2D eigenvalue weighted by molar-refractivity contribution is -0.123. The average Bonchev–Trinajstić information content (AvgIpc) is 2.80. The fraction of sp³-hybridized carbons (Fsp3) is 0.391. The van der Waals surface area contributed by atoms with Crippen molar-refractivity contribution in [1.29, 1.82) is 0 Å². The predicted molar refractivity (Wildman–Crippen MR) is 121 cm³/mol. The molecule has 1 fully saturated rings. The summed E-state index contributed by atoms with van der Waals surface area (Å²) >= 11 is 0. The number of hydrogen-bond acceptors (Lipinski definition) is 5. The predicted octanol–water partition coefficient (Wildman–Crippen LogP) is 3.42. The lowest BCUT2D eigenvalue weighted by atomic mass is 9.98. The highest BCUT2D eigenvalue weighted by atomic mass is 32.2. The number of anilines is 2. The van der Waals surface area contributed by atoms with Gasteiger partial charge < -0.3 is 15.4 Å². The largest absolute Gasteiger partial charge is 0.478 e. The maximum absolute atomic E-state index is 13.9. The van der Waals surface area contributed by atoms with E-state index in [4.69, 9.17) is 4.74 Å². The van der Waals surface area contributed by atoms with Crippen LogP contribution in [0.25, 0.3) is 0 Å². The molecule has 11 heteroatoms. The zero-order valence-corrected chi connectivity index (χ0v) is 19.5. The first-order chi connectivity index (χ1) is 16.1. The number of carbonyl (C=O) groups excluding carboxylic acids is 2. The van der Waals surface area contributed by atoms with Gasteiger partial charge in [0, 0.05) is 25.2 Å². The van der Waals surface area contributed by atoms with Crippen molar-refractivity contribution >= 4 is 33.2 Å². The number of fused-ring (bicyclic) bond motifs is 1. The van der Waals surface area contributed by atoms with Crippen LogP contribution in [0.5, 0.6) is 5.75 Å². The van der Waals surface area contributed by atoms with Crippen molar-refractivity contribution in [3.8, 4) is 5.75 Å². The summed E-state index contributed by atoms with van der Waals surface area (Å²) in [6.07, 6.45) is 0.552. The summed E-state index contributed by atoms with van der Waals surface area (Å²) in [4.78, 5) is 24.8. The summed E-state index contributed by atoms with van der Waals surface area (Å²) in [6, 6.07) is 5.68. The van der Waals surface area contributed by atoms with Crippen LogP contribution in [0.15, 0.2) is 35.2 Å². The Balaban J connectivity index is 1.55. The zero-order chi connectivity index (χ0) is 24.6. The van der Waals surface area contributed by atoms with Gasteiger partial charge in [0.2, 0.25) is 15.9 Å². The van der Waals surface area contributed by atoms with Gasteiger partial charge in [-0.1, -0.05) is 6.92 Å². The summed E-state index contributed by atoms with van der Waals surface area (Å²) in [5.41, 5.74) is 0.533. The number of benzene rings is 2. The summed E-state index contributed by atoms with van der Waals surface area (Å²) in [7, 11) is -3.99. The highest BCUT2D eigenvalue weighted by molar-refractivity contribution is 7.89. The number of amides is 2. The van der Waals surface area contributed by atoms with Crippen LogP contribution in [0.3, 0.4) is 0 Å². The van der Waals surface area contributed by atoms with E-state index in [0.29, 0.717) is 30.5 Å². The Kier molecular flexibility index (Phi) is 6.59. The molecule has 2 amide bonds. The third-order valence-electron chi connectivity index (χ3n) is 6.03. The van der Waals surface area contributed by atoms with Gasteiger partial charge in [-0.15, -0.1) is 0 Å². The monoisotopic (exact) mass is 493 g/mol. The molecule has 0 spiro atoms. The second-order valence-corrected chi connectivity index (χ2v) is 10.3. The van der Waals surface area contributed by atoms with Gasteiger partial charge >= 0.3 is 0 Å². The second kappa shape index (κ2) is 9.30. The van der Waals surface area contributed by atoms with Crippen LogP contribution in [0, 0.1) is 24.5 Å². The van der Waals surface area contributed by atoms with E-state index >= 15 is 0 Å². The highest BCUT2D eigenvalue weighted by Crippen LogP contribution is 2.36. The molecule has 4 rings (SSSR count). The Hall–Kier alpha value is -3.05. The normalized spacial score (nSPS) is 20.8. The van der Waals surface area contributed by atoms with Crippen molar-refractivity contribution in [2.24, 2.45) is 5.92 Å². The Bertz CT molecular complexity index is 1250. The number of nitrogens with zero attached hydrogens (tertiary/aromatic N) is 1. The number of ether oxygens (including phenoxy) is 1. The molecule has 34 heavy (non-hydrogen) atoms. The van der Waals surface area contributed by atoms with Crippen LogP contribution in [-0.2, 0) is 19.6 Å². The molecule has 0 aliphatic carbocycles. The Morgan fingerprint density at radius 3 is 2.76 bits per heavy atom. The molecule has 2 aromatic carbocycles. The van der Waals surface area contributed by atoms with E-state index in [1.807, 2.05) is 0 Å². The summed E-state index contributed by atoms with van der Waals surface area (Å²) in [5.74, 6) is -2.81. The van der Waals surface area contributed by atoms with E-state index in [0.717, 1.165) is 18.2 Å². The molecule has 2 N–H and O–H groups in total. The van der Waals surface area contributed by atoms with Crippen molar-refractivity contribution in [3.63, 3.8) is 0 Å². The third kappa shape index (κ3) is 4.62. The number of nitrogens with one attached hydrogen (secondary N) is 2. The first kappa shape index (κ1) is 24.1. The molecule has 2 aromatic rings. The molecule has 0 aromatic heterocycles. The number of hydrogen-bond donors (Lipinski definition) is 2. The van der Waals surface area contributed by atoms with Crippen LogP contribution in [0.4, 0.5) is 20.2 Å². The minimum atomic E-state index is -3.99. The Labute approximate surface area is 196 Å². The van der Waals surface area contributed by atoms with E-state index in [1.165, 1.54) is 10.4 Å². The fourth-order valence-electron chi connectivity index (χ4n) is 4.17. The highest BCUT2D eigenvalue weighted by Gasteiger charge is 2.36. The molecule has 182 valence electrons.